The minimum atomic E-state index is -4.93. The zero-order valence-corrected chi connectivity index (χ0v) is 14.3. The molecule has 0 saturated heterocycles. The number of ketones is 1. The predicted molar refractivity (Wildman–Crippen MR) is 95.0 cm³/mol. The van der Waals surface area contributed by atoms with Gasteiger partial charge in [-0.25, -0.2) is 0 Å². The summed E-state index contributed by atoms with van der Waals surface area (Å²) in [5.41, 5.74) is 1.24. The number of benzene rings is 1. The van der Waals surface area contributed by atoms with Crippen LogP contribution in [0.2, 0.25) is 0 Å². The maximum Gasteiger partial charge on any atom is 0.298 e. The summed E-state index contributed by atoms with van der Waals surface area (Å²) in [6.07, 6.45) is 10.2. The number of anilines is 1. The fourth-order valence-electron chi connectivity index (χ4n) is 2.76. The van der Waals surface area contributed by atoms with E-state index in [1.54, 1.807) is 18.2 Å². The molecule has 10 nitrogen and oxygen atoms in total. The monoisotopic (exact) mass is 391 g/mol. The first kappa shape index (κ1) is 18.5. The largest absolute Gasteiger partial charge is 0.504 e. The van der Waals surface area contributed by atoms with Crippen LogP contribution >= 0.6 is 0 Å². The van der Waals surface area contributed by atoms with Crippen LogP contribution in [0, 0.1) is 22.0 Å². The van der Waals surface area contributed by atoms with Gasteiger partial charge in [-0.05, 0) is 6.08 Å². The van der Waals surface area contributed by atoms with Gasteiger partial charge in [0.15, 0.2) is 5.75 Å². The zero-order chi connectivity index (χ0) is 19.8. The number of carbonyl (C=O) groups excluding carboxylic acids is 1. The second kappa shape index (κ2) is 6.78. The fourth-order valence-corrected chi connectivity index (χ4v) is 3.38. The van der Waals surface area contributed by atoms with Crippen LogP contribution in [0.25, 0.3) is 0 Å². The summed E-state index contributed by atoms with van der Waals surface area (Å²) in [5.74, 6) is -1.83. The van der Waals surface area contributed by atoms with E-state index >= 15 is 0 Å². The number of phenolic OH excluding ortho intramolecular Hbond substituents is 1. The molecule has 0 radical (unpaired) electrons. The number of nitrogens with one attached hydrogen (secondary N) is 1. The molecular weight excluding hydrogens is 378 g/mol. The van der Waals surface area contributed by atoms with E-state index in [-0.39, 0.29) is 17.5 Å². The number of hydrogen-bond donors (Lipinski definition) is 3. The molecule has 3 rings (SSSR count). The van der Waals surface area contributed by atoms with Crippen molar-refractivity contribution in [3.63, 3.8) is 0 Å². The summed E-state index contributed by atoms with van der Waals surface area (Å²) in [5, 5.41) is 25.0. The maximum absolute atomic E-state index is 12.1. The van der Waals surface area contributed by atoms with Crippen molar-refractivity contribution in [1.29, 1.82) is 0 Å². The van der Waals surface area contributed by atoms with Crippen molar-refractivity contribution in [2.75, 3.05) is 5.43 Å². The highest BCUT2D eigenvalue weighted by Gasteiger charge is 2.30. The van der Waals surface area contributed by atoms with Crippen LogP contribution in [0.15, 0.2) is 58.6 Å². The number of nitro groups is 1. The number of phenols is 1. The van der Waals surface area contributed by atoms with Crippen molar-refractivity contribution in [3.05, 3.63) is 58.7 Å². The molecule has 1 unspecified atom stereocenters. The summed E-state index contributed by atoms with van der Waals surface area (Å²) in [4.78, 5) is 21.2. The Morgan fingerprint density at radius 1 is 1.19 bits per heavy atom. The first-order valence-corrected chi connectivity index (χ1v) is 9.02. The highest BCUT2D eigenvalue weighted by atomic mass is 32.2. The zero-order valence-electron chi connectivity index (χ0n) is 13.5. The Bertz CT molecular complexity index is 1050. The molecule has 0 heterocycles. The van der Waals surface area contributed by atoms with Gasteiger partial charge in [-0.3, -0.25) is 24.9 Å². The minimum absolute atomic E-state index is 0.0856. The topological polar surface area (TPSA) is 159 Å². The first-order valence-electron chi connectivity index (χ1n) is 7.58. The molecule has 0 fully saturated rings. The van der Waals surface area contributed by atoms with Gasteiger partial charge in [0, 0.05) is 24.0 Å². The summed E-state index contributed by atoms with van der Waals surface area (Å²) in [6.45, 7) is 0. The molecule has 2 aliphatic carbocycles. The van der Waals surface area contributed by atoms with E-state index in [0.717, 1.165) is 6.07 Å². The number of fused-ring (bicyclic) bond motifs is 1. The lowest BCUT2D eigenvalue weighted by molar-refractivity contribution is -0.385. The first-order chi connectivity index (χ1) is 12.7. The van der Waals surface area contributed by atoms with Crippen LogP contribution in [-0.4, -0.2) is 34.5 Å². The van der Waals surface area contributed by atoms with Gasteiger partial charge in [-0.2, -0.15) is 13.5 Å². The van der Waals surface area contributed by atoms with Crippen molar-refractivity contribution < 1.29 is 27.8 Å². The molecule has 2 aliphatic rings. The van der Waals surface area contributed by atoms with Crippen molar-refractivity contribution in [2.24, 2.45) is 16.9 Å². The van der Waals surface area contributed by atoms with E-state index in [9.17, 15) is 28.4 Å². The summed E-state index contributed by atoms with van der Waals surface area (Å²) in [6, 6.07) is 1.35. The molecular formula is C16H13N3O7S. The molecule has 140 valence electrons. The van der Waals surface area contributed by atoms with Crippen LogP contribution in [0.5, 0.6) is 5.75 Å². The van der Waals surface area contributed by atoms with Crippen LogP contribution in [0.3, 0.4) is 0 Å². The normalized spacial score (nSPS) is 22.7. The van der Waals surface area contributed by atoms with Crippen LogP contribution < -0.4 is 5.43 Å². The number of allylic oxidation sites excluding steroid dienone is 6. The molecule has 0 aliphatic heterocycles. The standard InChI is InChI=1S/C16H13N3O7S/c20-13-6-5-9-3-1-2-4-11(9)15(13)18-17-12-7-10(19(22)23)8-14(16(12)21)27(24,25)26/h1-9,11,17,21H,(H,24,25,26)/t9-,11?/m1/s1. The molecule has 11 heteroatoms. The Hall–Kier alpha value is -3.31. The highest BCUT2D eigenvalue weighted by Crippen LogP contribution is 2.36. The average molecular weight is 391 g/mol. The van der Waals surface area contributed by atoms with Crippen molar-refractivity contribution in [2.45, 2.75) is 4.90 Å². The second-order valence-electron chi connectivity index (χ2n) is 5.78. The molecule has 0 aromatic heterocycles. The van der Waals surface area contributed by atoms with Gasteiger partial charge in [0.1, 0.15) is 16.3 Å². The summed E-state index contributed by atoms with van der Waals surface area (Å²) >= 11 is 0. The van der Waals surface area contributed by atoms with Gasteiger partial charge < -0.3 is 5.11 Å². The number of carbonyl (C=O) groups is 1. The lowest BCUT2D eigenvalue weighted by Gasteiger charge is -2.25. The summed E-state index contributed by atoms with van der Waals surface area (Å²) < 4.78 is 31.9. The average Bonchev–Trinajstić information content (AvgIpc) is 2.60. The molecule has 27 heavy (non-hydrogen) atoms. The van der Waals surface area contributed by atoms with E-state index in [4.69, 9.17) is 4.55 Å². The van der Waals surface area contributed by atoms with E-state index < -0.39 is 42.8 Å². The Balaban J connectivity index is 2.04. The molecule has 0 spiro atoms. The second-order valence-corrected chi connectivity index (χ2v) is 7.17. The quantitative estimate of drug-likeness (QED) is 0.303. The van der Waals surface area contributed by atoms with Gasteiger partial charge >= 0.3 is 0 Å². The number of hydrazone groups is 1. The molecule has 0 bridgehead atoms. The third kappa shape index (κ3) is 3.64. The molecule has 1 aromatic carbocycles. The Labute approximate surface area is 153 Å². The lowest BCUT2D eigenvalue weighted by Crippen LogP contribution is -2.31. The SMILES string of the molecule is O=C1C=C[C@H]2C=CC=CC2C1=NNc1cc([N+](=O)[O-])cc(S(=O)(=O)O)c1O. The lowest BCUT2D eigenvalue weighted by atomic mass is 9.79. The Morgan fingerprint density at radius 3 is 2.56 bits per heavy atom. The smallest absolute Gasteiger partial charge is 0.298 e. The molecule has 1 aromatic rings. The molecule has 3 N–H and O–H groups in total. The van der Waals surface area contributed by atoms with Crippen molar-refractivity contribution in [3.8, 4) is 5.75 Å². The Kier molecular flexibility index (Phi) is 4.64. The number of rotatable bonds is 4. The van der Waals surface area contributed by atoms with Gasteiger partial charge in [0.25, 0.3) is 15.8 Å². The van der Waals surface area contributed by atoms with E-state index in [2.05, 4.69) is 10.5 Å². The third-order valence-corrected chi connectivity index (χ3v) is 4.93. The van der Waals surface area contributed by atoms with Gasteiger partial charge in [-0.1, -0.05) is 30.4 Å². The van der Waals surface area contributed by atoms with Crippen LogP contribution in [0.4, 0.5) is 11.4 Å². The van der Waals surface area contributed by atoms with E-state index in [0.29, 0.717) is 6.07 Å². The minimum Gasteiger partial charge on any atom is -0.504 e. The van der Waals surface area contributed by atoms with E-state index in [1.807, 2.05) is 12.2 Å². The van der Waals surface area contributed by atoms with E-state index in [1.165, 1.54) is 6.08 Å². The van der Waals surface area contributed by atoms with Gasteiger partial charge in [-0.15, -0.1) is 0 Å². The number of non-ortho nitro benzene ring substituents is 1. The maximum atomic E-state index is 12.1. The highest BCUT2D eigenvalue weighted by molar-refractivity contribution is 7.86. The van der Waals surface area contributed by atoms with Gasteiger partial charge in [0.05, 0.1) is 4.92 Å². The molecule has 0 amide bonds. The van der Waals surface area contributed by atoms with Gasteiger partial charge in [0.2, 0.25) is 5.78 Å². The number of nitrogens with zero attached hydrogens (tertiary/aromatic N) is 2. The third-order valence-electron chi connectivity index (χ3n) is 4.06. The molecule has 2 atom stereocenters. The van der Waals surface area contributed by atoms with Crippen LogP contribution in [0.1, 0.15) is 0 Å². The number of aromatic hydroxyl groups is 1. The number of nitro benzene ring substituents is 1. The molecule has 0 saturated carbocycles. The van der Waals surface area contributed by atoms with Crippen molar-refractivity contribution >= 4 is 33.0 Å². The fraction of sp³-hybridized carbons (Fsp3) is 0.125. The van der Waals surface area contributed by atoms with Crippen LogP contribution in [-0.2, 0) is 14.9 Å². The summed E-state index contributed by atoms with van der Waals surface area (Å²) in [7, 11) is -4.93. The van der Waals surface area contributed by atoms with Crippen molar-refractivity contribution in [1.82, 2.24) is 0 Å². The number of hydrogen-bond acceptors (Lipinski definition) is 8. The predicted octanol–water partition coefficient (Wildman–Crippen LogP) is 1.81. The Morgan fingerprint density at radius 2 is 1.89 bits per heavy atom.